The van der Waals surface area contributed by atoms with Crippen molar-refractivity contribution in [2.24, 2.45) is 0 Å². The first-order valence-corrected chi connectivity index (χ1v) is 8.44. The van der Waals surface area contributed by atoms with Gasteiger partial charge in [-0.25, -0.2) is 4.68 Å². The first kappa shape index (κ1) is 16.2. The molecule has 1 N–H and O–H groups in total. The Balaban J connectivity index is 1.74. The van der Waals surface area contributed by atoms with Crippen LogP contribution in [0.25, 0.3) is 11.5 Å². The zero-order valence-electron chi connectivity index (χ0n) is 13.7. The number of nitrogens with one attached hydrogen (secondary N) is 1. The summed E-state index contributed by atoms with van der Waals surface area (Å²) in [5.41, 5.74) is 1.87. The normalized spacial score (nSPS) is 10.7. The van der Waals surface area contributed by atoms with E-state index >= 15 is 0 Å². The predicted molar refractivity (Wildman–Crippen MR) is 102 cm³/mol. The molecule has 5 nitrogen and oxygen atoms in total. The fourth-order valence-corrected chi connectivity index (χ4v) is 2.77. The Morgan fingerprint density at radius 3 is 2.31 bits per heavy atom. The summed E-state index contributed by atoms with van der Waals surface area (Å²) in [6, 6.07) is 22.2. The number of amides is 1. The maximum atomic E-state index is 12.6. The van der Waals surface area contributed by atoms with Crippen LogP contribution in [0.5, 0.6) is 0 Å². The fraction of sp³-hybridized carbons (Fsp3) is 0. The molecule has 6 heteroatoms. The number of nitrogens with zero attached hydrogens (tertiary/aromatic N) is 3. The van der Waals surface area contributed by atoms with Gasteiger partial charge in [-0.1, -0.05) is 29.8 Å². The summed E-state index contributed by atoms with van der Waals surface area (Å²) in [6.45, 7) is 0. The smallest absolute Gasteiger partial charge is 0.276 e. The quantitative estimate of drug-likeness (QED) is 0.578. The molecule has 2 heterocycles. The average molecular weight is 363 g/mol. The Morgan fingerprint density at radius 2 is 1.62 bits per heavy atom. The average Bonchev–Trinajstić information content (AvgIpc) is 3.33. The molecule has 128 valence electrons. The van der Waals surface area contributed by atoms with Gasteiger partial charge in [-0.2, -0.15) is 5.10 Å². The van der Waals surface area contributed by atoms with Gasteiger partial charge in [-0.15, -0.1) is 0 Å². The molecule has 0 radical (unpaired) electrons. The van der Waals surface area contributed by atoms with E-state index in [9.17, 15) is 4.79 Å². The van der Waals surface area contributed by atoms with E-state index in [1.165, 1.54) is 0 Å². The van der Waals surface area contributed by atoms with Gasteiger partial charge in [0, 0.05) is 29.2 Å². The molecule has 0 atom stereocenters. The van der Waals surface area contributed by atoms with Gasteiger partial charge in [-0.3, -0.25) is 4.79 Å². The summed E-state index contributed by atoms with van der Waals surface area (Å²) < 4.78 is 3.62. The summed E-state index contributed by atoms with van der Waals surface area (Å²) in [5.74, 6) is 0.493. The van der Waals surface area contributed by atoms with Crippen LogP contribution < -0.4 is 5.32 Å². The highest BCUT2D eigenvalue weighted by Crippen LogP contribution is 2.20. The molecule has 26 heavy (non-hydrogen) atoms. The van der Waals surface area contributed by atoms with Gasteiger partial charge in [0.1, 0.15) is 5.82 Å². The topological polar surface area (TPSA) is 51.9 Å². The molecule has 0 unspecified atom stereocenters. The lowest BCUT2D eigenvalue weighted by Crippen LogP contribution is -2.13. The number of hydrogen-bond donors (Lipinski definition) is 1. The molecule has 2 aromatic heterocycles. The Labute approximate surface area is 155 Å². The molecular weight excluding hydrogens is 348 g/mol. The lowest BCUT2D eigenvalue weighted by atomic mass is 10.3. The van der Waals surface area contributed by atoms with Crippen LogP contribution >= 0.6 is 11.6 Å². The van der Waals surface area contributed by atoms with Gasteiger partial charge in [-0.05, 0) is 48.5 Å². The van der Waals surface area contributed by atoms with Crippen molar-refractivity contribution in [2.75, 3.05) is 5.32 Å². The van der Waals surface area contributed by atoms with Crippen molar-refractivity contribution in [1.82, 2.24) is 14.3 Å². The molecule has 0 saturated heterocycles. The predicted octanol–water partition coefficient (Wildman–Crippen LogP) is 4.57. The first-order chi connectivity index (χ1) is 12.7. The maximum Gasteiger partial charge on any atom is 0.276 e. The molecule has 0 aliphatic carbocycles. The van der Waals surface area contributed by atoms with Crippen LogP contribution in [0.15, 0.2) is 85.2 Å². The lowest BCUT2D eigenvalue weighted by molar-refractivity contribution is 0.102. The van der Waals surface area contributed by atoms with E-state index in [0.717, 1.165) is 17.2 Å². The largest absolute Gasteiger partial charge is 0.321 e. The van der Waals surface area contributed by atoms with Crippen molar-refractivity contribution in [3.05, 3.63) is 95.9 Å². The number of carbonyl (C=O) groups excluding carboxylic acids is 1. The molecule has 0 aliphatic heterocycles. The summed E-state index contributed by atoms with van der Waals surface area (Å²) in [4.78, 5) is 12.6. The van der Waals surface area contributed by atoms with E-state index in [4.69, 9.17) is 11.6 Å². The van der Waals surface area contributed by atoms with Crippen molar-refractivity contribution in [3.63, 3.8) is 0 Å². The standard InChI is InChI=1S/C20H15ClN4O/c21-15-8-10-17(11-9-15)25-19(24-12-4-5-13-24)14-18(23-25)20(26)22-16-6-2-1-3-7-16/h1-14H,(H,22,26). The SMILES string of the molecule is O=C(Nc1ccccc1)c1cc(-n2cccc2)n(-c2ccc(Cl)cc2)n1. The van der Waals surface area contributed by atoms with Crippen molar-refractivity contribution in [2.45, 2.75) is 0 Å². The van der Waals surface area contributed by atoms with Crippen molar-refractivity contribution in [1.29, 1.82) is 0 Å². The van der Waals surface area contributed by atoms with E-state index in [1.54, 1.807) is 22.9 Å². The van der Waals surface area contributed by atoms with Crippen molar-refractivity contribution >= 4 is 23.2 Å². The minimum absolute atomic E-state index is 0.266. The highest BCUT2D eigenvalue weighted by Gasteiger charge is 2.16. The van der Waals surface area contributed by atoms with E-state index in [-0.39, 0.29) is 5.91 Å². The van der Waals surface area contributed by atoms with Crippen LogP contribution in [0.4, 0.5) is 5.69 Å². The number of rotatable bonds is 4. The number of benzene rings is 2. The first-order valence-electron chi connectivity index (χ1n) is 8.06. The Morgan fingerprint density at radius 1 is 0.923 bits per heavy atom. The van der Waals surface area contributed by atoms with E-state index < -0.39 is 0 Å². The van der Waals surface area contributed by atoms with Crippen molar-refractivity contribution < 1.29 is 4.79 Å². The molecular formula is C20H15ClN4O. The third kappa shape index (κ3) is 3.25. The van der Waals surface area contributed by atoms with Gasteiger partial charge >= 0.3 is 0 Å². The minimum atomic E-state index is -0.266. The Kier molecular flexibility index (Phi) is 4.29. The van der Waals surface area contributed by atoms with E-state index in [1.807, 2.05) is 71.6 Å². The highest BCUT2D eigenvalue weighted by atomic mass is 35.5. The van der Waals surface area contributed by atoms with Gasteiger partial charge in [0.25, 0.3) is 5.91 Å². The molecule has 4 aromatic rings. The van der Waals surface area contributed by atoms with E-state index in [0.29, 0.717) is 10.7 Å². The molecule has 0 saturated carbocycles. The Bertz CT molecular complexity index is 1020. The number of para-hydroxylation sites is 1. The molecule has 2 aromatic carbocycles. The van der Waals surface area contributed by atoms with Gasteiger partial charge in [0.05, 0.1) is 5.69 Å². The van der Waals surface area contributed by atoms with Crippen molar-refractivity contribution in [3.8, 4) is 11.5 Å². The number of hydrogen-bond acceptors (Lipinski definition) is 2. The zero-order valence-corrected chi connectivity index (χ0v) is 14.5. The third-order valence-corrected chi connectivity index (χ3v) is 4.15. The highest BCUT2D eigenvalue weighted by molar-refractivity contribution is 6.30. The summed E-state index contributed by atoms with van der Waals surface area (Å²) in [6.07, 6.45) is 3.81. The van der Waals surface area contributed by atoms with Crippen LogP contribution in [0.2, 0.25) is 5.02 Å². The Hall–Kier alpha value is -3.31. The van der Waals surface area contributed by atoms with Crippen LogP contribution in [0, 0.1) is 0 Å². The second-order valence-electron chi connectivity index (χ2n) is 5.69. The van der Waals surface area contributed by atoms with Crippen LogP contribution in [-0.2, 0) is 0 Å². The lowest BCUT2D eigenvalue weighted by Gasteiger charge is -2.08. The van der Waals surface area contributed by atoms with E-state index in [2.05, 4.69) is 10.4 Å². The molecule has 0 spiro atoms. The van der Waals surface area contributed by atoms with Gasteiger partial charge in [0.15, 0.2) is 5.69 Å². The van der Waals surface area contributed by atoms with Crippen LogP contribution in [0.3, 0.4) is 0 Å². The molecule has 0 bridgehead atoms. The monoisotopic (exact) mass is 362 g/mol. The third-order valence-electron chi connectivity index (χ3n) is 3.90. The maximum absolute atomic E-state index is 12.6. The molecule has 0 fully saturated rings. The summed E-state index contributed by atoms with van der Waals surface area (Å²) in [7, 11) is 0. The van der Waals surface area contributed by atoms with Crippen LogP contribution in [0.1, 0.15) is 10.5 Å². The second-order valence-corrected chi connectivity index (χ2v) is 6.12. The molecule has 4 rings (SSSR count). The fourth-order valence-electron chi connectivity index (χ4n) is 2.64. The van der Waals surface area contributed by atoms with Gasteiger partial charge in [0.2, 0.25) is 0 Å². The number of halogens is 1. The number of aromatic nitrogens is 3. The zero-order chi connectivity index (χ0) is 17.9. The van der Waals surface area contributed by atoms with Crippen LogP contribution in [-0.4, -0.2) is 20.3 Å². The number of anilines is 1. The minimum Gasteiger partial charge on any atom is -0.321 e. The van der Waals surface area contributed by atoms with Gasteiger partial charge < -0.3 is 9.88 Å². The second kappa shape index (κ2) is 6.90. The number of carbonyl (C=O) groups is 1. The molecule has 0 aliphatic rings. The summed E-state index contributed by atoms with van der Waals surface area (Å²) >= 11 is 5.99. The summed E-state index contributed by atoms with van der Waals surface area (Å²) in [5, 5.41) is 8.01. The molecule has 1 amide bonds.